The molecule has 0 radical (unpaired) electrons. The summed E-state index contributed by atoms with van der Waals surface area (Å²) >= 11 is 0. The lowest BCUT2D eigenvalue weighted by Gasteiger charge is -2.25. The van der Waals surface area contributed by atoms with E-state index in [1.807, 2.05) is 30.2 Å². The molecule has 0 saturated heterocycles. The van der Waals surface area contributed by atoms with E-state index in [-0.39, 0.29) is 6.79 Å². The van der Waals surface area contributed by atoms with Crippen LogP contribution in [0.4, 0.5) is 0 Å². The van der Waals surface area contributed by atoms with Crippen LogP contribution in [0.3, 0.4) is 0 Å². The molecule has 4 heteroatoms. The molecule has 0 unspecified atom stereocenters. The van der Waals surface area contributed by atoms with Gasteiger partial charge in [0.25, 0.3) is 0 Å². The van der Waals surface area contributed by atoms with E-state index in [9.17, 15) is 4.79 Å². The molecule has 0 atom stereocenters. The van der Waals surface area contributed by atoms with Gasteiger partial charge in [0.1, 0.15) is 0 Å². The van der Waals surface area contributed by atoms with E-state index in [1.54, 1.807) is 0 Å². The molecule has 0 saturated carbocycles. The second-order valence-corrected chi connectivity index (χ2v) is 3.92. The average Bonchev–Trinajstić information content (AvgIpc) is 2.76. The minimum atomic E-state index is 0.256. The van der Waals surface area contributed by atoms with Crippen molar-refractivity contribution in [2.24, 2.45) is 0 Å². The van der Waals surface area contributed by atoms with Gasteiger partial charge in [0.05, 0.1) is 5.70 Å². The highest BCUT2D eigenvalue weighted by Crippen LogP contribution is 2.40. The fraction of sp³-hybridized carbons (Fsp3) is 0.250. The van der Waals surface area contributed by atoms with Gasteiger partial charge in [-0.1, -0.05) is 6.07 Å². The van der Waals surface area contributed by atoms with Crippen molar-refractivity contribution in [2.75, 3.05) is 13.8 Å². The number of benzene rings is 1. The lowest BCUT2D eigenvalue weighted by Crippen LogP contribution is -2.22. The number of carbonyl (C=O) groups is 1. The maximum Gasteiger partial charge on any atom is 0.231 e. The second-order valence-electron chi connectivity index (χ2n) is 3.92. The predicted molar refractivity (Wildman–Crippen MR) is 58.1 cm³/mol. The number of aldehydes is 1. The standard InChI is InChI=1S/C12H11NO3/c1-13-5-8-2-3-11-12(16-7-15-11)10(8)4-9(13)6-14/h2-4,6H,5,7H2,1H3. The summed E-state index contributed by atoms with van der Waals surface area (Å²) in [4.78, 5) is 12.8. The van der Waals surface area contributed by atoms with Gasteiger partial charge >= 0.3 is 0 Å². The molecule has 0 aliphatic carbocycles. The third-order valence-corrected chi connectivity index (χ3v) is 2.93. The number of allylic oxidation sites excluding steroid dienone is 1. The van der Waals surface area contributed by atoms with Gasteiger partial charge < -0.3 is 14.4 Å². The molecule has 2 aliphatic heterocycles. The molecule has 4 nitrogen and oxygen atoms in total. The van der Waals surface area contributed by atoms with Crippen molar-refractivity contribution in [3.63, 3.8) is 0 Å². The Bertz CT molecular complexity index is 493. The Labute approximate surface area is 93.1 Å². The smallest absolute Gasteiger partial charge is 0.231 e. The molecule has 0 spiro atoms. The van der Waals surface area contributed by atoms with E-state index in [4.69, 9.17) is 9.47 Å². The third-order valence-electron chi connectivity index (χ3n) is 2.93. The largest absolute Gasteiger partial charge is 0.454 e. The van der Waals surface area contributed by atoms with E-state index in [2.05, 4.69) is 0 Å². The lowest BCUT2D eigenvalue weighted by atomic mass is 10.0. The van der Waals surface area contributed by atoms with Crippen LogP contribution in [0.25, 0.3) is 6.08 Å². The number of ether oxygens (including phenoxy) is 2. The first-order chi connectivity index (χ1) is 7.79. The zero-order valence-electron chi connectivity index (χ0n) is 8.90. The summed E-state index contributed by atoms with van der Waals surface area (Å²) in [6.07, 6.45) is 2.71. The Hall–Kier alpha value is -1.97. The first kappa shape index (κ1) is 9.27. The van der Waals surface area contributed by atoms with Crippen molar-refractivity contribution < 1.29 is 14.3 Å². The van der Waals surface area contributed by atoms with Crippen LogP contribution in [0.15, 0.2) is 17.8 Å². The molecule has 2 aliphatic rings. The Morgan fingerprint density at radius 2 is 2.25 bits per heavy atom. The van der Waals surface area contributed by atoms with Gasteiger partial charge in [0.15, 0.2) is 17.8 Å². The molecular formula is C12H11NO3. The van der Waals surface area contributed by atoms with Gasteiger partial charge in [-0.2, -0.15) is 0 Å². The molecular weight excluding hydrogens is 206 g/mol. The quantitative estimate of drug-likeness (QED) is 0.666. The topological polar surface area (TPSA) is 38.8 Å². The summed E-state index contributed by atoms with van der Waals surface area (Å²) in [5, 5.41) is 0. The molecule has 0 amide bonds. The van der Waals surface area contributed by atoms with Crippen LogP contribution in [-0.2, 0) is 11.3 Å². The van der Waals surface area contributed by atoms with Crippen molar-refractivity contribution in [2.45, 2.75) is 6.54 Å². The number of hydrogen-bond donors (Lipinski definition) is 0. The molecule has 1 aromatic rings. The maximum atomic E-state index is 10.9. The third kappa shape index (κ3) is 1.19. The minimum Gasteiger partial charge on any atom is -0.454 e. The van der Waals surface area contributed by atoms with Gasteiger partial charge in [-0.3, -0.25) is 4.79 Å². The molecule has 0 bridgehead atoms. The molecule has 0 N–H and O–H groups in total. The van der Waals surface area contributed by atoms with Crippen LogP contribution in [0.2, 0.25) is 0 Å². The van der Waals surface area contributed by atoms with Crippen molar-refractivity contribution >= 4 is 12.4 Å². The first-order valence-corrected chi connectivity index (χ1v) is 5.09. The van der Waals surface area contributed by atoms with Crippen molar-refractivity contribution in [1.82, 2.24) is 4.90 Å². The Balaban J connectivity index is 2.19. The van der Waals surface area contributed by atoms with Crippen LogP contribution in [-0.4, -0.2) is 25.0 Å². The Kier molecular flexibility index (Phi) is 1.89. The van der Waals surface area contributed by atoms with Crippen molar-refractivity contribution in [3.8, 4) is 11.5 Å². The van der Waals surface area contributed by atoms with E-state index in [0.717, 1.165) is 35.5 Å². The summed E-state index contributed by atoms with van der Waals surface area (Å²) < 4.78 is 10.7. The number of fused-ring (bicyclic) bond motifs is 3. The zero-order chi connectivity index (χ0) is 11.1. The van der Waals surface area contributed by atoms with Crippen molar-refractivity contribution in [3.05, 3.63) is 29.0 Å². The van der Waals surface area contributed by atoms with E-state index in [1.165, 1.54) is 0 Å². The van der Waals surface area contributed by atoms with E-state index >= 15 is 0 Å². The zero-order valence-corrected chi connectivity index (χ0v) is 8.90. The number of rotatable bonds is 1. The molecule has 2 heterocycles. The summed E-state index contributed by atoms with van der Waals surface area (Å²) in [7, 11) is 1.90. The average molecular weight is 217 g/mol. The minimum absolute atomic E-state index is 0.256. The number of carbonyl (C=O) groups excluding carboxylic acids is 1. The Morgan fingerprint density at radius 3 is 3.06 bits per heavy atom. The Morgan fingerprint density at radius 1 is 1.38 bits per heavy atom. The SMILES string of the molecule is CN1Cc2ccc3c(c2C=C1C=O)OCO3. The number of hydrogen-bond acceptors (Lipinski definition) is 4. The summed E-state index contributed by atoms with van der Waals surface area (Å²) in [5.74, 6) is 1.51. The van der Waals surface area contributed by atoms with E-state index < -0.39 is 0 Å². The lowest BCUT2D eigenvalue weighted by molar-refractivity contribution is -0.106. The van der Waals surface area contributed by atoms with Crippen LogP contribution >= 0.6 is 0 Å². The van der Waals surface area contributed by atoms with Gasteiger partial charge in [0, 0.05) is 19.2 Å². The fourth-order valence-corrected chi connectivity index (χ4v) is 2.06. The van der Waals surface area contributed by atoms with Gasteiger partial charge in [-0.05, 0) is 17.7 Å². The number of nitrogens with zero attached hydrogens (tertiary/aromatic N) is 1. The van der Waals surface area contributed by atoms with Crippen LogP contribution in [0.5, 0.6) is 11.5 Å². The number of likely N-dealkylation sites (N-methyl/N-ethyl adjacent to an activating group) is 1. The summed E-state index contributed by atoms with van der Waals surface area (Å²) in [6, 6.07) is 3.92. The monoisotopic (exact) mass is 217 g/mol. The highest BCUT2D eigenvalue weighted by Gasteiger charge is 2.23. The second kappa shape index (κ2) is 3.27. The molecule has 82 valence electrons. The normalized spacial score (nSPS) is 16.8. The highest BCUT2D eigenvalue weighted by atomic mass is 16.7. The summed E-state index contributed by atoms with van der Waals surface area (Å²) in [6.45, 7) is 0.975. The van der Waals surface area contributed by atoms with Crippen LogP contribution < -0.4 is 9.47 Å². The van der Waals surface area contributed by atoms with Crippen LogP contribution in [0, 0.1) is 0 Å². The fourth-order valence-electron chi connectivity index (χ4n) is 2.06. The molecule has 0 aromatic heterocycles. The van der Waals surface area contributed by atoms with Gasteiger partial charge in [-0.25, -0.2) is 0 Å². The first-order valence-electron chi connectivity index (χ1n) is 5.09. The maximum absolute atomic E-state index is 10.9. The van der Waals surface area contributed by atoms with Gasteiger partial charge in [0.2, 0.25) is 6.79 Å². The molecule has 0 fully saturated rings. The predicted octanol–water partition coefficient (Wildman–Crippen LogP) is 1.40. The summed E-state index contributed by atoms with van der Waals surface area (Å²) in [5.41, 5.74) is 2.78. The van der Waals surface area contributed by atoms with Gasteiger partial charge in [-0.15, -0.1) is 0 Å². The molecule has 1 aromatic carbocycles. The highest BCUT2D eigenvalue weighted by molar-refractivity contribution is 5.84. The molecule has 3 rings (SSSR count). The van der Waals surface area contributed by atoms with Crippen molar-refractivity contribution in [1.29, 1.82) is 0 Å². The van der Waals surface area contributed by atoms with Crippen LogP contribution in [0.1, 0.15) is 11.1 Å². The van der Waals surface area contributed by atoms with E-state index in [0.29, 0.717) is 5.70 Å². The molecule has 16 heavy (non-hydrogen) atoms.